The van der Waals surface area contributed by atoms with Crippen LogP contribution in [0.5, 0.6) is 0 Å². The lowest BCUT2D eigenvalue weighted by Crippen LogP contribution is -1.97. The van der Waals surface area contributed by atoms with Gasteiger partial charge >= 0.3 is 0 Å². The minimum absolute atomic E-state index is 0.381. The summed E-state index contributed by atoms with van der Waals surface area (Å²) >= 11 is 6.03. The molecule has 96 valence electrons. The highest BCUT2D eigenvalue weighted by molar-refractivity contribution is 6.34. The highest BCUT2D eigenvalue weighted by Gasteiger charge is 2.07. The molecule has 0 aliphatic carbocycles. The molecule has 1 aromatic heterocycles. The van der Waals surface area contributed by atoms with Crippen molar-refractivity contribution >= 4 is 33.9 Å². The van der Waals surface area contributed by atoms with Crippen LogP contribution in [0.15, 0.2) is 48.5 Å². The van der Waals surface area contributed by atoms with Crippen LogP contribution in [0.3, 0.4) is 0 Å². The Hall–Kier alpha value is -2.64. The number of halogens is 1. The zero-order valence-electron chi connectivity index (χ0n) is 10.3. The van der Waals surface area contributed by atoms with Crippen molar-refractivity contribution in [2.24, 2.45) is 0 Å². The summed E-state index contributed by atoms with van der Waals surface area (Å²) in [5, 5.41) is 22.1. The Morgan fingerprint density at radius 1 is 0.950 bits per heavy atom. The van der Waals surface area contributed by atoms with Gasteiger partial charge in [0.2, 0.25) is 0 Å². The lowest BCUT2D eigenvalue weighted by molar-refractivity contribution is 1.05. The Labute approximate surface area is 120 Å². The monoisotopic (exact) mass is 280 g/mol. The molecule has 0 aliphatic heterocycles. The highest BCUT2D eigenvalue weighted by atomic mass is 35.5. The number of anilines is 2. The second kappa shape index (κ2) is 5.16. The first-order chi connectivity index (χ1) is 9.78. The van der Waals surface area contributed by atoms with Gasteiger partial charge in [-0.25, -0.2) is 0 Å². The molecular weight excluding hydrogens is 272 g/mol. The first-order valence-electron chi connectivity index (χ1n) is 5.96. The van der Waals surface area contributed by atoms with Gasteiger partial charge in [-0.05, 0) is 24.3 Å². The van der Waals surface area contributed by atoms with Crippen molar-refractivity contribution in [1.82, 2.24) is 10.2 Å². The fourth-order valence-corrected chi connectivity index (χ4v) is 2.13. The number of benzene rings is 2. The average molecular weight is 281 g/mol. The molecule has 3 rings (SSSR count). The third kappa shape index (κ3) is 2.27. The number of nitrogens with one attached hydrogen (secondary N) is 1. The SMILES string of the molecule is N#Cc1ccc(Nc2nnc(Cl)c3ccccc23)cc1. The molecule has 2 aromatic carbocycles. The van der Waals surface area contributed by atoms with E-state index in [0.29, 0.717) is 16.5 Å². The fourth-order valence-electron chi connectivity index (χ4n) is 1.93. The predicted octanol–water partition coefficient (Wildman–Crippen LogP) is 3.90. The quantitative estimate of drug-likeness (QED) is 0.773. The van der Waals surface area contributed by atoms with Crippen molar-refractivity contribution < 1.29 is 0 Å². The average Bonchev–Trinajstić information content (AvgIpc) is 2.51. The maximum Gasteiger partial charge on any atom is 0.161 e. The van der Waals surface area contributed by atoms with Crippen LogP contribution in [0.2, 0.25) is 5.15 Å². The maximum absolute atomic E-state index is 8.78. The minimum atomic E-state index is 0.381. The summed E-state index contributed by atoms with van der Waals surface area (Å²) in [6.07, 6.45) is 0. The zero-order chi connectivity index (χ0) is 13.9. The summed E-state index contributed by atoms with van der Waals surface area (Å²) in [6, 6.07) is 16.9. The van der Waals surface area contributed by atoms with E-state index >= 15 is 0 Å². The lowest BCUT2D eigenvalue weighted by Gasteiger charge is -2.08. The van der Waals surface area contributed by atoms with Crippen molar-refractivity contribution in [3.8, 4) is 6.07 Å². The highest BCUT2D eigenvalue weighted by Crippen LogP contribution is 2.27. The fraction of sp³-hybridized carbons (Fsp3) is 0. The van der Waals surface area contributed by atoms with Crippen LogP contribution in [0, 0.1) is 11.3 Å². The number of aromatic nitrogens is 2. The molecule has 4 nitrogen and oxygen atoms in total. The third-order valence-electron chi connectivity index (χ3n) is 2.92. The summed E-state index contributed by atoms with van der Waals surface area (Å²) in [4.78, 5) is 0. The Morgan fingerprint density at radius 2 is 1.65 bits per heavy atom. The van der Waals surface area contributed by atoms with E-state index in [9.17, 15) is 0 Å². The van der Waals surface area contributed by atoms with E-state index in [4.69, 9.17) is 16.9 Å². The number of nitrogens with zero attached hydrogens (tertiary/aromatic N) is 3. The summed E-state index contributed by atoms with van der Waals surface area (Å²) in [5.74, 6) is 0.634. The van der Waals surface area contributed by atoms with Gasteiger partial charge in [-0.15, -0.1) is 10.2 Å². The normalized spacial score (nSPS) is 10.2. The van der Waals surface area contributed by atoms with Gasteiger partial charge in [0.25, 0.3) is 0 Å². The van der Waals surface area contributed by atoms with Gasteiger partial charge in [-0.1, -0.05) is 35.9 Å². The molecule has 0 fully saturated rings. The Bertz CT molecular complexity index is 806. The Kier molecular flexibility index (Phi) is 3.20. The summed E-state index contributed by atoms with van der Waals surface area (Å²) < 4.78 is 0. The van der Waals surface area contributed by atoms with Gasteiger partial charge in [-0.3, -0.25) is 0 Å². The standard InChI is InChI=1S/C15H9ClN4/c16-14-12-3-1-2-4-13(12)15(20-19-14)18-11-7-5-10(9-17)6-8-11/h1-8H,(H,18,20). The maximum atomic E-state index is 8.78. The summed E-state index contributed by atoms with van der Waals surface area (Å²) in [6.45, 7) is 0. The van der Waals surface area contributed by atoms with E-state index in [1.54, 1.807) is 12.1 Å². The third-order valence-corrected chi connectivity index (χ3v) is 3.20. The first-order valence-corrected chi connectivity index (χ1v) is 6.34. The van der Waals surface area contributed by atoms with Crippen molar-refractivity contribution in [2.45, 2.75) is 0 Å². The van der Waals surface area contributed by atoms with Crippen molar-refractivity contribution in [3.05, 3.63) is 59.2 Å². The van der Waals surface area contributed by atoms with E-state index in [1.165, 1.54) is 0 Å². The summed E-state index contributed by atoms with van der Waals surface area (Å²) in [5.41, 5.74) is 1.45. The Morgan fingerprint density at radius 3 is 2.35 bits per heavy atom. The Balaban J connectivity index is 2.02. The molecule has 3 aromatic rings. The zero-order valence-corrected chi connectivity index (χ0v) is 11.1. The van der Waals surface area contributed by atoms with Crippen molar-refractivity contribution in [3.63, 3.8) is 0 Å². The molecule has 1 heterocycles. The van der Waals surface area contributed by atoms with Crippen LogP contribution in [0.1, 0.15) is 5.56 Å². The second-order valence-corrected chi connectivity index (χ2v) is 4.56. The molecule has 0 radical (unpaired) electrons. The van der Waals surface area contributed by atoms with Crippen LogP contribution < -0.4 is 5.32 Å². The van der Waals surface area contributed by atoms with Gasteiger partial charge in [0.15, 0.2) is 11.0 Å². The lowest BCUT2D eigenvalue weighted by atomic mass is 10.2. The van der Waals surface area contributed by atoms with E-state index < -0.39 is 0 Å². The minimum Gasteiger partial charge on any atom is -0.338 e. The molecule has 0 aliphatic rings. The molecule has 5 heteroatoms. The first kappa shape index (κ1) is 12.4. The topological polar surface area (TPSA) is 61.6 Å². The molecular formula is C15H9ClN4. The molecule has 0 bridgehead atoms. The smallest absolute Gasteiger partial charge is 0.161 e. The van der Waals surface area contributed by atoms with Crippen LogP contribution in [-0.2, 0) is 0 Å². The van der Waals surface area contributed by atoms with E-state index in [0.717, 1.165) is 16.5 Å². The van der Waals surface area contributed by atoms with Crippen LogP contribution in [-0.4, -0.2) is 10.2 Å². The van der Waals surface area contributed by atoms with E-state index in [2.05, 4.69) is 21.6 Å². The molecule has 20 heavy (non-hydrogen) atoms. The van der Waals surface area contributed by atoms with Crippen molar-refractivity contribution in [1.29, 1.82) is 5.26 Å². The van der Waals surface area contributed by atoms with Crippen molar-refractivity contribution in [2.75, 3.05) is 5.32 Å². The molecule has 0 unspecified atom stereocenters. The van der Waals surface area contributed by atoms with Crippen LogP contribution >= 0.6 is 11.6 Å². The number of hydrogen-bond donors (Lipinski definition) is 1. The van der Waals surface area contributed by atoms with Gasteiger partial charge in [0.1, 0.15) is 0 Å². The largest absolute Gasteiger partial charge is 0.338 e. The number of rotatable bonds is 2. The second-order valence-electron chi connectivity index (χ2n) is 4.20. The van der Waals surface area contributed by atoms with Gasteiger partial charge < -0.3 is 5.32 Å². The summed E-state index contributed by atoms with van der Waals surface area (Å²) in [7, 11) is 0. The molecule has 0 atom stereocenters. The molecule has 0 spiro atoms. The number of fused-ring (bicyclic) bond motifs is 1. The van der Waals surface area contributed by atoms with E-state index in [-0.39, 0.29) is 0 Å². The van der Waals surface area contributed by atoms with Gasteiger partial charge in [0, 0.05) is 16.5 Å². The van der Waals surface area contributed by atoms with Gasteiger partial charge in [-0.2, -0.15) is 5.26 Å². The predicted molar refractivity (Wildman–Crippen MR) is 79.0 cm³/mol. The number of hydrogen-bond acceptors (Lipinski definition) is 4. The molecule has 0 saturated heterocycles. The van der Waals surface area contributed by atoms with Crippen LogP contribution in [0.4, 0.5) is 11.5 Å². The van der Waals surface area contributed by atoms with Crippen LogP contribution in [0.25, 0.3) is 10.8 Å². The van der Waals surface area contributed by atoms with Gasteiger partial charge in [0.05, 0.1) is 11.6 Å². The molecule has 0 saturated carbocycles. The molecule has 0 amide bonds. The molecule has 1 N–H and O–H groups in total. The number of nitriles is 1. The van der Waals surface area contributed by atoms with E-state index in [1.807, 2.05) is 36.4 Å².